The molecule has 0 aromatic carbocycles. The number of nitrogens with two attached hydrogens (primary N) is 1. The Morgan fingerprint density at radius 2 is 1.95 bits per heavy atom. The van der Waals surface area contributed by atoms with Crippen molar-refractivity contribution in [1.29, 1.82) is 0 Å². The number of amides is 1. The minimum Gasteiger partial charge on any atom is -0.481 e. The van der Waals surface area contributed by atoms with E-state index in [0.717, 1.165) is 25.7 Å². The molecule has 0 aliphatic heterocycles. The molecule has 5 nitrogen and oxygen atoms in total. The van der Waals surface area contributed by atoms with Crippen LogP contribution in [0.1, 0.15) is 39.5 Å². The van der Waals surface area contributed by atoms with Gasteiger partial charge < -0.3 is 16.2 Å². The zero-order valence-corrected chi connectivity index (χ0v) is 11.9. The lowest BCUT2D eigenvalue weighted by atomic mass is 9.78. The maximum Gasteiger partial charge on any atom is 0.308 e. The van der Waals surface area contributed by atoms with Crippen LogP contribution in [0.4, 0.5) is 0 Å². The molecule has 0 aromatic rings. The molecule has 0 heterocycles. The summed E-state index contributed by atoms with van der Waals surface area (Å²) in [5.41, 5.74) is 5.71. The molecule has 5 heteroatoms. The van der Waals surface area contributed by atoms with E-state index in [1.165, 1.54) is 0 Å². The first-order valence-corrected chi connectivity index (χ1v) is 7.18. The molecule has 0 bridgehead atoms. The van der Waals surface area contributed by atoms with Gasteiger partial charge in [-0.05, 0) is 31.2 Å². The second-order valence-electron chi connectivity index (χ2n) is 5.82. The molecule has 110 valence electrons. The molecule has 0 saturated heterocycles. The molecule has 1 rings (SSSR count). The summed E-state index contributed by atoms with van der Waals surface area (Å²) in [6.45, 7) is 4.45. The molecule has 1 aliphatic carbocycles. The highest BCUT2D eigenvalue weighted by molar-refractivity contribution is 5.80. The second kappa shape index (κ2) is 7.48. The van der Waals surface area contributed by atoms with Gasteiger partial charge in [0.25, 0.3) is 0 Å². The van der Waals surface area contributed by atoms with Gasteiger partial charge >= 0.3 is 5.97 Å². The van der Waals surface area contributed by atoms with E-state index < -0.39 is 11.9 Å². The number of carboxylic acids is 1. The van der Waals surface area contributed by atoms with Crippen molar-refractivity contribution in [3.05, 3.63) is 0 Å². The topological polar surface area (TPSA) is 92.4 Å². The third-order valence-corrected chi connectivity index (χ3v) is 4.17. The summed E-state index contributed by atoms with van der Waals surface area (Å²) in [6, 6.07) is 0. The number of carboxylic acid groups (broad SMARTS) is 1. The average molecular weight is 270 g/mol. The Balaban J connectivity index is 2.51. The Morgan fingerprint density at radius 1 is 1.32 bits per heavy atom. The lowest BCUT2D eigenvalue weighted by molar-refractivity contribution is -0.143. The Hall–Kier alpha value is -1.10. The van der Waals surface area contributed by atoms with Crippen molar-refractivity contribution in [3.63, 3.8) is 0 Å². The van der Waals surface area contributed by atoms with Crippen molar-refractivity contribution >= 4 is 11.9 Å². The highest BCUT2D eigenvalue weighted by Crippen LogP contribution is 2.29. The molecule has 3 unspecified atom stereocenters. The van der Waals surface area contributed by atoms with Crippen LogP contribution in [0, 0.1) is 23.7 Å². The van der Waals surface area contributed by atoms with Crippen LogP contribution in [0.3, 0.4) is 0 Å². The number of hydrogen-bond acceptors (Lipinski definition) is 3. The molecule has 0 spiro atoms. The minimum absolute atomic E-state index is 0.00876. The van der Waals surface area contributed by atoms with Gasteiger partial charge in [-0.25, -0.2) is 0 Å². The van der Waals surface area contributed by atoms with Crippen molar-refractivity contribution in [2.45, 2.75) is 39.5 Å². The summed E-state index contributed by atoms with van der Waals surface area (Å²) < 4.78 is 0. The van der Waals surface area contributed by atoms with Crippen LogP contribution in [0.15, 0.2) is 0 Å². The van der Waals surface area contributed by atoms with Crippen LogP contribution >= 0.6 is 0 Å². The maximum atomic E-state index is 12.2. The Kier molecular flexibility index (Phi) is 6.28. The number of aliphatic carboxylic acids is 1. The predicted molar refractivity (Wildman–Crippen MR) is 73.5 cm³/mol. The summed E-state index contributed by atoms with van der Waals surface area (Å²) in [4.78, 5) is 23.2. The molecule has 4 N–H and O–H groups in total. The summed E-state index contributed by atoms with van der Waals surface area (Å²) in [5, 5.41) is 11.9. The van der Waals surface area contributed by atoms with Gasteiger partial charge in [0, 0.05) is 12.5 Å². The fourth-order valence-corrected chi connectivity index (χ4v) is 2.78. The van der Waals surface area contributed by atoms with Gasteiger partial charge in [-0.1, -0.05) is 26.7 Å². The molecule has 0 aromatic heterocycles. The van der Waals surface area contributed by atoms with E-state index in [1.807, 2.05) is 13.8 Å². The molecule has 1 amide bonds. The van der Waals surface area contributed by atoms with Crippen molar-refractivity contribution in [1.82, 2.24) is 5.32 Å². The van der Waals surface area contributed by atoms with E-state index in [9.17, 15) is 9.59 Å². The normalized spacial score (nSPS) is 25.1. The summed E-state index contributed by atoms with van der Waals surface area (Å²) in [5.74, 6) is -1.19. The van der Waals surface area contributed by atoms with Gasteiger partial charge in [-0.3, -0.25) is 9.59 Å². The molecular weight excluding hydrogens is 244 g/mol. The summed E-state index contributed by atoms with van der Waals surface area (Å²) >= 11 is 0. The van der Waals surface area contributed by atoms with Gasteiger partial charge in [0.2, 0.25) is 5.91 Å². The largest absolute Gasteiger partial charge is 0.481 e. The molecule has 19 heavy (non-hydrogen) atoms. The highest BCUT2D eigenvalue weighted by atomic mass is 16.4. The van der Waals surface area contributed by atoms with Gasteiger partial charge in [0.05, 0.1) is 5.92 Å². The quantitative estimate of drug-likeness (QED) is 0.676. The smallest absolute Gasteiger partial charge is 0.308 e. The van der Waals surface area contributed by atoms with Gasteiger partial charge in [-0.2, -0.15) is 0 Å². The zero-order valence-electron chi connectivity index (χ0n) is 11.9. The molecule has 0 radical (unpaired) electrons. The minimum atomic E-state index is -0.852. The third-order valence-electron chi connectivity index (χ3n) is 4.17. The van der Waals surface area contributed by atoms with Crippen molar-refractivity contribution in [2.75, 3.05) is 13.1 Å². The van der Waals surface area contributed by atoms with E-state index >= 15 is 0 Å². The van der Waals surface area contributed by atoms with Crippen molar-refractivity contribution in [3.8, 4) is 0 Å². The second-order valence-corrected chi connectivity index (χ2v) is 5.82. The number of hydrogen-bond donors (Lipinski definition) is 3. The lowest BCUT2D eigenvalue weighted by Gasteiger charge is -2.30. The first-order valence-electron chi connectivity index (χ1n) is 7.18. The van der Waals surface area contributed by atoms with Crippen LogP contribution < -0.4 is 11.1 Å². The first kappa shape index (κ1) is 16.0. The maximum absolute atomic E-state index is 12.2. The number of carbonyl (C=O) groups excluding carboxylic acids is 1. The molecule has 1 saturated carbocycles. The molecule has 1 aliphatic rings. The number of nitrogens with one attached hydrogen (secondary N) is 1. The first-order chi connectivity index (χ1) is 8.97. The van der Waals surface area contributed by atoms with E-state index in [0.29, 0.717) is 6.54 Å². The molecule has 3 atom stereocenters. The third kappa shape index (κ3) is 4.49. The predicted octanol–water partition coefficient (Wildman–Crippen LogP) is 1.22. The Labute approximate surface area is 114 Å². The SMILES string of the molecule is CC(C)C(CNC(=O)C1CCCCC1CN)C(=O)O. The zero-order chi connectivity index (χ0) is 14.4. The van der Waals surface area contributed by atoms with Crippen LogP contribution in [0.5, 0.6) is 0 Å². The van der Waals surface area contributed by atoms with Gasteiger partial charge in [0.15, 0.2) is 0 Å². The Bertz CT molecular complexity index is 318. The van der Waals surface area contributed by atoms with Crippen LogP contribution in [0.2, 0.25) is 0 Å². The van der Waals surface area contributed by atoms with Crippen molar-refractivity contribution < 1.29 is 14.7 Å². The lowest BCUT2D eigenvalue weighted by Crippen LogP contribution is -2.43. The monoisotopic (exact) mass is 270 g/mol. The van der Waals surface area contributed by atoms with E-state index in [1.54, 1.807) is 0 Å². The molecular formula is C14H26N2O3. The Morgan fingerprint density at radius 3 is 2.47 bits per heavy atom. The van der Waals surface area contributed by atoms with Crippen LogP contribution in [-0.4, -0.2) is 30.1 Å². The van der Waals surface area contributed by atoms with E-state index in [4.69, 9.17) is 10.8 Å². The van der Waals surface area contributed by atoms with E-state index in [2.05, 4.69) is 5.32 Å². The van der Waals surface area contributed by atoms with Gasteiger partial charge in [0.1, 0.15) is 0 Å². The average Bonchev–Trinajstić information content (AvgIpc) is 2.37. The summed E-state index contributed by atoms with van der Waals surface area (Å²) in [6.07, 6.45) is 4.06. The van der Waals surface area contributed by atoms with Crippen molar-refractivity contribution in [2.24, 2.45) is 29.4 Å². The molecule has 1 fully saturated rings. The van der Waals surface area contributed by atoms with Gasteiger partial charge in [-0.15, -0.1) is 0 Å². The van der Waals surface area contributed by atoms with E-state index in [-0.39, 0.29) is 30.2 Å². The highest BCUT2D eigenvalue weighted by Gasteiger charge is 2.31. The number of rotatable bonds is 6. The fourth-order valence-electron chi connectivity index (χ4n) is 2.78. The number of carbonyl (C=O) groups is 2. The standard InChI is InChI=1S/C14H26N2O3/c1-9(2)12(14(18)19)8-16-13(17)11-6-4-3-5-10(11)7-15/h9-12H,3-8,15H2,1-2H3,(H,16,17)(H,18,19). The summed E-state index contributed by atoms with van der Waals surface area (Å²) in [7, 11) is 0. The van der Waals surface area contributed by atoms with Crippen LogP contribution in [-0.2, 0) is 9.59 Å². The fraction of sp³-hybridized carbons (Fsp3) is 0.857. The van der Waals surface area contributed by atoms with Crippen LogP contribution in [0.25, 0.3) is 0 Å².